The molecule has 0 saturated carbocycles. The van der Waals surface area contributed by atoms with Crippen molar-refractivity contribution in [3.8, 4) is 0 Å². The summed E-state index contributed by atoms with van der Waals surface area (Å²) in [6.45, 7) is 4.41. The van der Waals surface area contributed by atoms with Gasteiger partial charge in [0.05, 0.1) is 18.8 Å². The molecule has 0 aliphatic carbocycles. The largest absolute Gasteiger partial charge is 0.375 e. The monoisotopic (exact) mass is 384 g/mol. The lowest BCUT2D eigenvalue weighted by molar-refractivity contribution is 0.0314. The maximum Gasteiger partial charge on any atom is 0.254 e. The van der Waals surface area contributed by atoms with Gasteiger partial charge in [-0.1, -0.05) is 30.3 Å². The van der Waals surface area contributed by atoms with Crippen LogP contribution in [0.5, 0.6) is 0 Å². The molecule has 0 bridgehead atoms. The summed E-state index contributed by atoms with van der Waals surface area (Å²) in [6, 6.07) is 13.4. The fourth-order valence-corrected chi connectivity index (χ4v) is 5.00. The molecule has 2 aromatic rings. The number of thiophene rings is 1. The quantitative estimate of drug-likeness (QED) is 0.754. The van der Waals surface area contributed by atoms with E-state index in [0.717, 1.165) is 38.1 Å². The minimum absolute atomic E-state index is 0.193. The molecule has 0 N–H and O–H groups in total. The second-order valence-corrected chi connectivity index (χ2v) is 8.35. The molecule has 1 atom stereocenters. The molecule has 2 saturated heterocycles. The highest BCUT2D eigenvalue weighted by Crippen LogP contribution is 2.27. The van der Waals surface area contributed by atoms with E-state index in [0.29, 0.717) is 18.7 Å². The van der Waals surface area contributed by atoms with Crippen molar-refractivity contribution >= 4 is 17.2 Å². The van der Waals surface area contributed by atoms with Crippen LogP contribution in [0.3, 0.4) is 0 Å². The predicted molar refractivity (Wildman–Crippen MR) is 109 cm³/mol. The maximum atomic E-state index is 12.5. The van der Waals surface area contributed by atoms with Gasteiger partial charge in [0.25, 0.3) is 5.91 Å². The molecular weight excluding hydrogens is 356 g/mol. The van der Waals surface area contributed by atoms with Crippen LogP contribution in [0.25, 0.3) is 0 Å². The molecule has 0 unspecified atom stereocenters. The summed E-state index contributed by atoms with van der Waals surface area (Å²) >= 11 is 1.59. The number of hydrogen-bond acceptors (Lipinski definition) is 4. The Bertz CT molecular complexity index is 711. The van der Waals surface area contributed by atoms with E-state index in [1.807, 2.05) is 27.8 Å². The van der Waals surface area contributed by atoms with E-state index >= 15 is 0 Å². The number of benzene rings is 1. The fourth-order valence-electron chi connectivity index (χ4n) is 4.37. The van der Waals surface area contributed by atoms with Crippen LogP contribution in [0.1, 0.15) is 41.6 Å². The van der Waals surface area contributed by atoms with Crippen molar-refractivity contribution in [1.29, 1.82) is 0 Å². The fraction of sp³-hybridized carbons (Fsp3) is 0.500. The highest BCUT2D eigenvalue weighted by molar-refractivity contribution is 7.08. The first-order chi connectivity index (χ1) is 13.3. The molecule has 27 heavy (non-hydrogen) atoms. The molecule has 1 aromatic heterocycles. The van der Waals surface area contributed by atoms with Gasteiger partial charge in [0.15, 0.2) is 0 Å². The summed E-state index contributed by atoms with van der Waals surface area (Å²) in [6.07, 6.45) is 4.63. The van der Waals surface area contributed by atoms with Crippen LogP contribution in [0.4, 0.5) is 0 Å². The number of carbonyl (C=O) groups is 1. The Morgan fingerprint density at radius 3 is 2.63 bits per heavy atom. The summed E-state index contributed by atoms with van der Waals surface area (Å²) in [5, 5.41) is 3.93. The van der Waals surface area contributed by atoms with Gasteiger partial charge in [-0.2, -0.15) is 11.3 Å². The molecule has 144 valence electrons. The average molecular weight is 385 g/mol. The van der Waals surface area contributed by atoms with Gasteiger partial charge in [-0.15, -0.1) is 0 Å². The minimum atomic E-state index is 0.193. The lowest BCUT2D eigenvalue weighted by Crippen LogP contribution is -2.49. The lowest BCUT2D eigenvalue weighted by atomic mass is 10.0. The highest BCUT2D eigenvalue weighted by Gasteiger charge is 2.34. The summed E-state index contributed by atoms with van der Waals surface area (Å²) < 4.78 is 6.03. The minimum Gasteiger partial charge on any atom is -0.375 e. The van der Waals surface area contributed by atoms with E-state index in [1.54, 1.807) is 11.3 Å². The van der Waals surface area contributed by atoms with Crippen molar-refractivity contribution in [3.05, 3.63) is 58.3 Å². The van der Waals surface area contributed by atoms with Crippen molar-refractivity contribution in [1.82, 2.24) is 9.80 Å². The predicted octanol–water partition coefficient (Wildman–Crippen LogP) is 4.03. The first-order valence-corrected chi connectivity index (χ1v) is 10.9. The van der Waals surface area contributed by atoms with Crippen LogP contribution < -0.4 is 0 Å². The van der Waals surface area contributed by atoms with Gasteiger partial charge >= 0.3 is 0 Å². The number of rotatable bonds is 6. The molecule has 0 radical (unpaired) electrons. The smallest absolute Gasteiger partial charge is 0.254 e. The van der Waals surface area contributed by atoms with Gasteiger partial charge < -0.3 is 9.64 Å². The number of amides is 1. The third-order valence-electron chi connectivity index (χ3n) is 5.83. The Balaban J connectivity index is 1.25. The molecule has 0 spiro atoms. The standard InChI is InChI=1S/C22H28N2O2S/c25-22(19-10-14-27-17-19)23-12-8-20(9-13-23)24-11-4-7-21(24)16-26-15-18-5-2-1-3-6-18/h1-3,5-6,10,14,17,20-21H,4,7-9,11-13,15-16H2/t21-/m1/s1. The van der Waals surface area contributed by atoms with Crippen LogP contribution in [0.2, 0.25) is 0 Å². The zero-order valence-electron chi connectivity index (χ0n) is 15.8. The SMILES string of the molecule is O=C(c1ccsc1)N1CCC(N2CCC[C@@H]2COCc2ccccc2)CC1. The van der Waals surface area contributed by atoms with E-state index in [1.165, 1.54) is 24.9 Å². The number of ether oxygens (including phenoxy) is 1. The molecule has 3 heterocycles. The van der Waals surface area contributed by atoms with Gasteiger partial charge in [0, 0.05) is 30.6 Å². The summed E-state index contributed by atoms with van der Waals surface area (Å²) in [7, 11) is 0. The molecule has 1 amide bonds. The number of hydrogen-bond donors (Lipinski definition) is 0. The van der Waals surface area contributed by atoms with E-state index in [-0.39, 0.29) is 5.91 Å². The van der Waals surface area contributed by atoms with Crippen molar-refractivity contribution in [2.75, 3.05) is 26.2 Å². The van der Waals surface area contributed by atoms with Crippen molar-refractivity contribution in [2.24, 2.45) is 0 Å². The first-order valence-electron chi connectivity index (χ1n) is 10.00. The molecule has 1 aromatic carbocycles. The number of carbonyl (C=O) groups excluding carboxylic acids is 1. The Hall–Kier alpha value is -1.69. The van der Waals surface area contributed by atoms with Crippen LogP contribution in [0, 0.1) is 0 Å². The molecule has 2 aliphatic heterocycles. The van der Waals surface area contributed by atoms with Crippen LogP contribution in [-0.4, -0.2) is 54.0 Å². The lowest BCUT2D eigenvalue weighted by Gasteiger charge is -2.39. The van der Waals surface area contributed by atoms with Gasteiger partial charge in [-0.05, 0) is 49.2 Å². The third kappa shape index (κ3) is 4.60. The molecular formula is C22H28N2O2S. The Morgan fingerprint density at radius 1 is 1.07 bits per heavy atom. The first kappa shape index (κ1) is 18.7. The van der Waals surface area contributed by atoms with Gasteiger partial charge in [-0.3, -0.25) is 9.69 Å². The average Bonchev–Trinajstić information content (AvgIpc) is 3.41. The summed E-state index contributed by atoms with van der Waals surface area (Å²) in [4.78, 5) is 17.2. The normalized spacial score (nSPS) is 21.6. The Kier molecular flexibility index (Phi) is 6.22. The zero-order chi connectivity index (χ0) is 18.5. The Morgan fingerprint density at radius 2 is 1.89 bits per heavy atom. The molecule has 4 nitrogen and oxygen atoms in total. The van der Waals surface area contributed by atoms with Gasteiger partial charge in [0.2, 0.25) is 0 Å². The van der Waals surface area contributed by atoms with Crippen molar-refractivity contribution < 1.29 is 9.53 Å². The highest BCUT2D eigenvalue weighted by atomic mass is 32.1. The van der Waals surface area contributed by atoms with E-state index < -0.39 is 0 Å². The van der Waals surface area contributed by atoms with Crippen molar-refractivity contribution in [3.63, 3.8) is 0 Å². The second kappa shape index (κ2) is 9.00. The van der Waals surface area contributed by atoms with Gasteiger partial charge in [-0.25, -0.2) is 0 Å². The van der Waals surface area contributed by atoms with E-state index in [9.17, 15) is 4.79 Å². The zero-order valence-corrected chi connectivity index (χ0v) is 16.6. The second-order valence-electron chi connectivity index (χ2n) is 7.57. The van der Waals surface area contributed by atoms with E-state index in [2.05, 4.69) is 29.2 Å². The molecule has 5 heteroatoms. The third-order valence-corrected chi connectivity index (χ3v) is 6.52. The molecule has 2 fully saturated rings. The van der Waals surface area contributed by atoms with Gasteiger partial charge in [0.1, 0.15) is 0 Å². The Labute approximate surface area is 165 Å². The maximum absolute atomic E-state index is 12.5. The van der Waals surface area contributed by atoms with Crippen LogP contribution in [-0.2, 0) is 11.3 Å². The van der Waals surface area contributed by atoms with Crippen molar-refractivity contribution in [2.45, 2.75) is 44.4 Å². The molecule has 4 rings (SSSR count). The molecule has 2 aliphatic rings. The van der Waals surface area contributed by atoms with Crippen LogP contribution in [0.15, 0.2) is 47.2 Å². The summed E-state index contributed by atoms with van der Waals surface area (Å²) in [5.41, 5.74) is 2.08. The number of likely N-dealkylation sites (tertiary alicyclic amines) is 2. The van der Waals surface area contributed by atoms with E-state index in [4.69, 9.17) is 4.74 Å². The topological polar surface area (TPSA) is 32.8 Å². The van der Waals surface area contributed by atoms with Crippen LogP contribution >= 0.6 is 11.3 Å². The summed E-state index contributed by atoms with van der Waals surface area (Å²) in [5.74, 6) is 0.193. The number of piperidine rings is 1. The number of nitrogens with zero attached hydrogens (tertiary/aromatic N) is 2.